The Kier molecular flexibility index (Phi) is 4.77. The molecule has 0 spiro atoms. The predicted molar refractivity (Wildman–Crippen MR) is 78.4 cm³/mol. The van der Waals surface area contributed by atoms with Crippen LogP contribution in [-0.2, 0) is 9.59 Å². The third-order valence-electron chi connectivity index (χ3n) is 3.37. The summed E-state index contributed by atoms with van der Waals surface area (Å²) in [6.45, 7) is 1.98. The molecule has 2 amide bonds. The van der Waals surface area contributed by atoms with Crippen LogP contribution in [0.25, 0.3) is 0 Å². The van der Waals surface area contributed by atoms with Crippen LogP contribution in [0.4, 0.5) is 0 Å². The number of carbonyl (C=O) groups excluding carboxylic acids is 2. The van der Waals surface area contributed by atoms with Gasteiger partial charge in [-0.2, -0.15) is 0 Å². The van der Waals surface area contributed by atoms with Crippen LogP contribution in [0.2, 0.25) is 0 Å². The molecule has 1 aromatic rings. The van der Waals surface area contributed by atoms with E-state index in [0.717, 1.165) is 15.8 Å². The zero-order valence-electron chi connectivity index (χ0n) is 11.4. The molecule has 0 bridgehead atoms. The van der Waals surface area contributed by atoms with Gasteiger partial charge in [-0.25, -0.2) is 0 Å². The highest BCUT2D eigenvalue weighted by Gasteiger charge is 2.27. The van der Waals surface area contributed by atoms with Gasteiger partial charge in [0.25, 0.3) is 0 Å². The van der Waals surface area contributed by atoms with Crippen LogP contribution >= 0.6 is 15.9 Å². The fourth-order valence-corrected chi connectivity index (χ4v) is 2.76. The smallest absolute Gasteiger partial charge is 0.243 e. The molecule has 1 aliphatic rings. The molecule has 1 fully saturated rings. The molecule has 2 atom stereocenters. The largest absolute Gasteiger partial charge is 0.496 e. The number of hydrogen-bond donors (Lipinski definition) is 2. The van der Waals surface area contributed by atoms with E-state index in [9.17, 15) is 9.59 Å². The van der Waals surface area contributed by atoms with Crippen LogP contribution in [0, 0.1) is 0 Å². The number of imide groups is 1. The highest BCUT2D eigenvalue weighted by Crippen LogP contribution is 2.28. The van der Waals surface area contributed by atoms with E-state index in [1.54, 1.807) is 7.11 Å². The normalized spacial score (nSPS) is 20.4. The van der Waals surface area contributed by atoms with Gasteiger partial charge in [0.15, 0.2) is 0 Å². The second-order valence-electron chi connectivity index (χ2n) is 4.79. The summed E-state index contributed by atoms with van der Waals surface area (Å²) < 4.78 is 6.06. The second-order valence-corrected chi connectivity index (χ2v) is 5.64. The molecule has 0 aromatic heterocycles. The number of carbonyl (C=O) groups is 2. The maximum atomic E-state index is 11.7. The van der Waals surface area contributed by atoms with Crippen molar-refractivity contribution in [2.75, 3.05) is 7.11 Å². The lowest BCUT2D eigenvalue weighted by Crippen LogP contribution is -2.51. The molecular weight excluding hydrogens is 324 g/mol. The quantitative estimate of drug-likeness (QED) is 0.821. The first kappa shape index (κ1) is 15.0. The minimum atomic E-state index is -0.330. The number of ether oxygens (including phenoxy) is 1. The predicted octanol–water partition coefficient (Wildman–Crippen LogP) is 1.91. The molecule has 1 aliphatic heterocycles. The Morgan fingerprint density at radius 2 is 2.20 bits per heavy atom. The van der Waals surface area contributed by atoms with Crippen molar-refractivity contribution < 1.29 is 14.3 Å². The lowest BCUT2D eigenvalue weighted by Gasteiger charge is -2.25. The van der Waals surface area contributed by atoms with Crippen molar-refractivity contribution in [3.05, 3.63) is 28.2 Å². The molecule has 2 rings (SSSR count). The van der Waals surface area contributed by atoms with Gasteiger partial charge in [-0.05, 0) is 47.0 Å². The molecular formula is C14H17BrN2O3. The van der Waals surface area contributed by atoms with Gasteiger partial charge >= 0.3 is 0 Å². The summed E-state index contributed by atoms with van der Waals surface area (Å²) in [5.74, 6) is 0.315. The fraction of sp³-hybridized carbons (Fsp3) is 0.429. The maximum absolute atomic E-state index is 11.7. The highest BCUT2D eigenvalue weighted by molar-refractivity contribution is 9.10. The summed E-state index contributed by atoms with van der Waals surface area (Å²) in [5, 5.41) is 5.59. The number of halogens is 1. The Morgan fingerprint density at radius 1 is 1.45 bits per heavy atom. The van der Waals surface area contributed by atoms with Crippen LogP contribution in [0.5, 0.6) is 5.75 Å². The molecule has 1 heterocycles. The molecule has 108 valence electrons. The Hall–Kier alpha value is -1.40. The first-order valence-electron chi connectivity index (χ1n) is 6.44. The summed E-state index contributed by atoms with van der Waals surface area (Å²) in [5.41, 5.74) is 1.04. The Balaban J connectivity index is 2.04. The third-order valence-corrected chi connectivity index (χ3v) is 3.99. The monoisotopic (exact) mass is 340 g/mol. The fourth-order valence-electron chi connectivity index (χ4n) is 2.20. The molecule has 0 saturated carbocycles. The number of benzene rings is 1. The van der Waals surface area contributed by atoms with E-state index in [4.69, 9.17) is 4.74 Å². The Morgan fingerprint density at radius 3 is 2.80 bits per heavy atom. The van der Waals surface area contributed by atoms with E-state index in [2.05, 4.69) is 26.6 Å². The molecule has 5 nitrogen and oxygen atoms in total. The van der Waals surface area contributed by atoms with E-state index in [-0.39, 0.29) is 23.9 Å². The van der Waals surface area contributed by atoms with Gasteiger partial charge in [0.05, 0.1) is 17.6 Å². The highest BCUT2D eigenvalue weighted by atomic mass is 79.9. The van der Waals surface area contributed by atoms with Gasteiger partial charge < -0.3 is 4.74 Å². The van der Waals surface area contributed by atoms with Gasteiger partial charge in [-0.15, -0.1) is 0 Å². The number of nitrogens with one attached hydrogen (secondary N) is 2. The molecule has 2 N–H and O–H groups in total. The number of hydrogen-bond acceptors (Lipinski definition) is 4. The average molecular weight is 341 g/mol. The van der Waals surface area contributed by atoms with Crippen LogP contribution in [0.15, 0.2) is 22.7 Å². The van der Waals surface area contributed by atoms with Crippen molar-refractivity contribution in [2.24, 2.45) is 0 Å². The van der Waals surface area contributed by atoms with Crippen molar-refractivity contribution in [1.82, 2.24) is 10.6 Å². The summed E-state index contributed by atoms with van der Waals surface area (Å²) in [4.78, 5) is 22.8. The minimum absolute atomic E-state index is 0.00107. The van der Waals surface area contributed by atoms with E-state index < -0.39 is 0 Å². The summed E-state index contributed by atoms with van der Waals surface area (Å²) in [6.07, 6.45) is 0.911. The number of methoxy groups -OCH3 is 1. The van der Waals surface area contributed by atoms with Crippen molar-refractivity contribution in [3.63, 3.8) is 0 Å². The first-order chi connectivity index (χ1) is 9.51. The number of rotatable bonds is 4. The van der Waals surface area contributed by atoms with Crippen LogP contribution < -0.4 is 15.4 Å². The topological polar surface area (TPSA) is 67.4 Å². The molecule has 0 radical (unpaired) electrons. The molecule has 1 saturated heterocycles. The third kappa shape index (κ3) is 3.37. The summed E-state index contributed by atoms with van der Waals surface area (Å²) in [6, 6.07) is 5.46. The standard InChI is InChI=1S/C14H17BrN2O3/c1-8(9-3-5-12(20-2)10(15)7-9)16-11-4-6-13(18)17-14(11)19/h3,5,7-8,11,16H,4,6H2,1-2H3,(H,17,18,19). The van der Waals surface area contributed by atoms with Crippen LogP contribution in [0.1, 0.15) is 31.4 Å². The van der Waals surface area contributed by atoms with Gasteiger partial charge in [0.2, 0.25) is 11.8 Å². The first-order valence-corrected chi connectivity index (χ1v) is 7.23. The molecule has 6 heteroatoms. The number of amides is 2. The molecule has 2 unspecified atom stereocenters. The van der Waals surface area contributed by atoms with Crippen molar-refractivity contribution in [3.8, 4) is 5.75 Å². The minimum Gasteiger partial charge on any atom is -0.496 e. The van der Waals surface area contributed by atoms with Gasteiger partial charge in [-0.1, -0.05) is 6.07 Å². The maximum Gasteiger partial charge on any atom is 0.243 e. The van der Waals surface area contributed by atoms with Crippen molar-refractivity contribution in [2.45, 2.75) is 31.8 Å². The Bertz CT molecular complexity index is 533. The summed E-state index contributed by atoms with van der Waals surface area (Å²) in [7, 11) is 1.62. The SMILES string of the molecule is COc1ccc(C(C)NC2CCC(=O)NC2=O)cc1Br. The zero-order valence-corrected chi connectivity index (χ0v) is 13.0. The molecule has 1 aromatic carbocycles. The van der Waals surface area contributed by atoms with E-state index >= 15 is 0 Å². The van der Waals surface area contributed by atoms with Gasteiger partial charge in [-0.3, -0.25) is 20.2 Å². The number of piperidine rings is 1. The lowest BCUT2D eigenvalue weighted by molar-refractivity contribution is -0.134. The van der Waals surface area contributed by atoms with Crippen molar-refractivity contribution in [1.29, 1.82) is 0 Å². The van der Waals surface area contributed by atoms with Crippen LogP contribution in [0.3, 0.4) is 0 Å². The van der Waals surface area contributed by atoms with Crippen molar-refractivity contribution >= 4 is 27.7 Å². The Labute approximate surface area is 126 Å². The zero-order chi connectivity index (χ0) is 14.7. The van der Waals surface area contributed by atoms with E-state index in [0.29, 0.717) is 12.8 Å². The molecule has 20 heavy (non-hydrogen) atoms. The van der Waals surface area contributed by atoms with Gasteiger partial charge in [0.1, 0.15) is 5.75 Å². The lowest BCUT2D eigenvalue weighted by atomic mass is 10.0. The molecule has 0 aliphatic carbocycles. The average Bonchev–Trinajstić information content (AvgIpc) is 2.41. The van der Waals surface area contributed by atoms with E-state index in [1.807, 2.05) is 25.1 Å². The summed E-state index contributed by atoms with van der Waals surface area (Å²) >= 11 is 3.44. The van der Waals surface area contributed by atoms with Crippen LogP contribution in [-0.4, -0.2) is 25.0 Å². The van der Waals surface area contributed by atoms with E-state index in [1.165, 1.54) is 0 Å². The van der Waals surface area contributed by atoms with Gasteiger partial charge in [0, 0.05) is 12.5 Å². The second kappa shape index (κ2) is 6.37.